The molecule has 21 heavy (non-hydrogen) atoms. The van der Waals surface area contributed by atoms with Crippen molar-refractivity contribution in [1.82, 2.24) is 10.3 Å². The van der Waals surface area contributed by atoms with Gasteiger partial charge in [0.2, 0.25) is 0 Å². The number of hydrogen-bond acceptors (Lipinski definition) is 3. The molecular weight excluding hydrogens is 270 g/mol. The van der Waals surface area contributed by atoms with Crippen LogP contribution in [0.1, 0.15) is 40.9 Å². The highest BCUT2D eigenvalue weighted by Gasteiger charge is 2.23. The summed E-state index contributed by atoms with van der Waals surface area (Å²) in [5.74, 6) is -0.625. The first-order valence-electron chi connectivity index (χ1n) is 7.55. The van der Waals surface area contributed by atoms with Crippen LogP contribution in [-0.2, 0) is 12.8 Å². The van der Waals surface area contributed by atoms with Crippen LogP contribution < -0.4 is 15.8 Å². The van der Waals surface area contributed by atoms with E-state index < -0.39 is 11.5 Å². The van der Waals surface area contributed by atoms with E-state index in [1.807, 2.05) is 14.1 Å². The molecule has 1 heterocycles. The highest BCUT2D eigenvalue weighted by molar-refractivity contribution is 5.96. The maximum absolute atomic E-state index is 12.1. The van der Waals surface area contributed by atoms with Gasteiger partial charge < -0.3 is 20.3 Å². The number of H-pyrrole nitrogens is 1. The van der Waals surface area contributed by atoms with Crippen LogP contribution in [0.4, 0.5) is 0 Å². The van der Waals surface area contributed by atoms with Gasteiger partial charge >= 0.3 is 0 Å². The highest BCUT2D eigenvalue weighted by atomic mass is 16.3. The Morgan fingerprint density at radius 2 is 2.05 bits per heavy atom. The van der Waals surface area contributed by atoms with E-state index in [2.05, 4.69) is 10.3 Å². The lowest BCUT2D eigenvalue weighted by molar-refractivity contribution is -0.858. The van der Waals surface area contributed by atoms with E-state index >= 15 is 0 Å². The van der Waals surface area contributed by atoms with Crippen LogP contribution in [0.5, 0.6) is 5.75 Å². The predicted molar refractivity (Wildman–Crippen MR) is 80.0 cm³/mol. The third kappa shape index (κ3) is 3.64. The fraction of sp³-hybridized carbons (Fsp3) is 0.600. The van der Waals surface area contributed by atoms with Gasteiger partial charge in [0.05, 0.1) is 20.6 Å². The molecule has 1 aliphatic carbocycles. The number of fused-ring (bicyclic) bond motifs is 1. The SMILES string of the molecule is C[NH+](C)CCCNC(=O)c1c(O)c2c([nH]c1=O)CCCC2. The molecule has 6 heteroatoms. The van der Waals surface area contributed by atoms with E-state index in [0.717, 1.165) is 43.5 Å². The van der Waals surface area contributed by atoms with Crippen LogP contribution in [-0.4, -0.2) is 43.2 Å². The number of aromatic nitrogens is 1. The lowest BCUT2D eigenvalue weighted by atomic mass is 9.93. The van der Waals surface area contributed by atoms with E-state index in [1.54, 1.807) is 0 Å². The van der Waals surface area contributed by atoms with Gasteiger partial charge in [-0.05, 0) is 25.7 Å². The quantitative estimate of drug-likeness (QED) is 0.538. The molecule has 0 saturated heterocycles. The Bertz CT molecular complexity index is 578. The number of aromatic hydroxyl groups is 1. The number of aromatic amines is 1. The minimum Gasteiger partial charge on any atom is -0.507 e. The third-order valence-electron chi connectivity index (χ3n) is 3.85. The van der Waals surface area contributed by atoms with E-state index in [4.69, 9.17) is 0 Å². The van der Waals surface area contributed by atoms with E-state index in [1.165, 1.54) is 4.90 Å². The van der Waals surface area contributed by atoms with Gasteiger partial charge in [-0.15, -0.1) is 0 Å². The minimum absolute atomic E-state index is 0.135. The molecule has 0 atom stereocenters. The number of carbonyl (C=O) groups excluding carboxylic acids is 1. The molecule has 0 aromatic carbocycles. The zero-order valence-electron chi connectivity index (χ0n) is 12.7. The Balaban J connectivity index is 2.12. The summed E-state index contributed by atoms with van der Waals surface area (Å²) < 4.78 is 0. The molecule has 0 bridgehead atoms. The molecule has 1 aliphatic rings. The average molecular weight is 294 g/mol. The van der Waals surface area contributed by atoms with Gasteiger partial charge in [-0.1, -0.05) is 0 Å². The van der Waals surface area contributed by atoms with Crippen molar-refractivity contribution in [2.45, 2.75) is 32.1 Å². The minimum atomic E-state index is -0.496. The molecule has 116 valence electrons. The number of aryl methyl sites for hydroxylation is 1. The molecule has 0 aliphatic heterocycles. The smallest absolute Gasteiger partial charge is 0.264 e. The van der Waals surface area contributed by atoms with Crippen molar-refractivity contribution in [2.75, 3.05) is 27.2 Å². The standard InChI is InChI=1S/C15H23N3O3/c1-18(2)9-5-8-16-14(20)12-13(19)10-6-3-4-7-11(10)17-15(12)21/h3-9H2,1-2H3,(H,16,20)(H2,17,19,21)/p+1. The second-order valence-electron chi connectivity index (χ2n) is 5.91. The van der Waals surface area contributed by atoms with E-state index in [-0.39, 0.29) is 11.3 Å². The van der Waals surface area contributed by atoms with Crippen LogP contribution in [0.25, 0.3) is 0 Å². The summed E-state index contributed by atoms with van der Waals surface area (Å²) in [5, 5.41) is 13.0. The van der Waals surface area contributed by atoms with Gasteiger partial charge in [0, 0.05) is 24.2 Å². The number of rotatable bonds is 5. The first-order chi connectivity index (χ1) is 10.0. The van der Waals surface area contributed by atoms with Gasteiger partial charge in [-0.3, -0.25) is 9.59 Å². The summed E-state index contributed by atoms with van der Waals surface area (Å²) in [7, 11) is 4.09. The fourth-order valence-corrected chi connectivity index (χ4v) is 2.71. The lowest BCUT2D eigenvalue weighted by Crippen LogP contribution is -3.05. The number of pyridine rings is 1. The molecule has 1 aromatic heterocycles. The van der Waals surface area contributed by atoms with Crippen LogP contribution in [0.3, 0.4) is 0 Å². The summed E-state index contributed by atoms with van der Waals surface area (Å²) >= 11 is 0. The average Bonchev–Trinajstić information content (AvgIpc) is 2.43. The summed E-state index contributed by atoms with van der Waals surface area (Å²) in [4.78, 5) is 28.2. The Morgan fingerprint density at radius 3 is 2.76 bits per heavy atom. The lowest BCUT2D eigenvalue weighted by Gasteiger charge is -2.18. The number of nitrogens with one attached hydrogen (secondary N) is 3. The predicted octanol–water partition coefficient (Wildman–Crippen LogP) is -0.776. The maximum Gasteiger partial charge on any atom is 0.264 e. The molecule has 1 aromatic rings. The second kappa shape index (κ2) is 6.76. The van der Waals surface area contributed by atoms with Gasteiger partial charge in [0.1, 0.15) is 11.3 Å². The zero-order valence-corrected chi connectivity index (χ0v) is 12.7. The highest BCUT2D eigenvalue weighted by Crippen LogP contribution is 2.28. The Hall–Kier alpha value is -1.82. The van der Waals surface area contributed by atoms with Crippen molar-refractivity contribution >= 4 is 5.91 Å². The van der Waals surface area contributed by atoms with Crippen LogP contribution in [0.2, 0.25) is 0 Å². The molecule has 6 nitrogen and oxygen atoms in total. The molecule has 2 rings (SSSR count). The summed E-state index contributed by atoms with van der Waals surface area (Å²) in [6.45, 7) is 1.44. The third-order valence-corrected chi connectivity index (χ3v) is 3.85. The van der Waals surface area contributed by atoms with Crippen molar-refractivity contribution in [3.05, 3.63) is 27.2 Å². The summed E-state index contributed by atoms with van der Waals surface area (Å²) in [6, 6.07) is 0. The fourth-order valence-electron chi connectivity index (χ4n) is 2.71. The number of amides is 1. The molecule has 0 radical (unpaired) electrons. The molecule has 4 N–H and O–H groups in total. The Kier molecular flexibility index (Phi) is 5.01. The second-order valence-corrected chi connectivity index (χ2v) is 5.91. The Morgan fingerprint density at radius 1 is 1.33 bits per heavy atom. The van der Waals surface area contributed by atoms with Gasteiger partial charge in [-0.2, -0.15) is 0 Å². The first kappa shape index (κ1) is 15.6. The zero-order chi connectivity index (χ0) is 15.4. The van der Waals surface area contributed by atoms with Crippen molar-refractivity contribution in [3.63, 3.8) is 0 Å². The molecule has 0 fully saturated rings. The monoisotopic (exact) mass is 294 g/mol. The maximum atomic E-state index is 12.1. The first-order valence-corrected chi connectivity index (χ1v) is 7.55. The number of quaternary nitrogens is 1. The van der Waals surface area contributed by atoms with E-state index in [0.29, 0.717) is 13.0 Å². The molecule has 1 amide bonds. The van der Waals surface area contributed by atoms with Gasteiger partial charge in [0.15, 0.2) is 0 Å². The van der Waals surface area contributed by atoms with Crippen molar-refractivity contribution in [1.29, 1.82) is 0 Å². The number of carbonyl (C=O) groups is 1. The van der Waals surface area contributed by atoms with Crippen molar-refractivity contribution in [3.8, 4) is 5.75 Å². The van der Waals surface area contributed by atoms with Gasteiger partial charge in [-0.25, -0.2) is 0 Å². The topological polar surface area (TPSA) is 86.6 Å². The number of hydrogen-bond donors (Lipinski definition) is 4. The van der Waals surface area contributed by atoms with Crippen LogP contribution in [0, 0.1) is 0 Å². The molecule has 0 saturated carbocycles. The summed E-state index contributed by atoms with van der Waals surface area (Å²) in [5.41, 5.74) is 0.858. The van der Waals surface area contributed by atoms with Crippen LogP contribution in [0.15, 0.2) is 4.79 Å². The van der Waals surface area contributed by atoms with Crippen LogP contribution >= 0.6 is 0 Å². The summed E-state index contributed by atoms with van der Waals surface area (Å²) in [6.07, 6.45) is 4.27. The van der Waals surface area contributed by atoms with Crippen molar-refractivity contribution in [2.24, 2.45) is 0 Å². The molecule has 0 spiro atoms. The van der Waals surface area contributed by atoms with Gasteiger partial charge in [0.25, 0.3) is 11.5 Å². The normalized spacial score (nSPS) is 14.0. The largest absolute Gasteiger partial charge is 0.507 e. The Labute approximate surface area is 124 Å². The van der Waals surface area contributed by atoms with E-state index in [9.17, 15) is 14.7 Å². The molecular formula is C15H24N3O3+. The molecule has 0 unspecified atom stereocenters. The van der Waals surface area contributed by atoms with Crippen molar-refractivity contribution < 1.29 is 14.8 Å².